The Labute approximate surface area is 544 Å². The SMILES string of the molecule is OC[C@H]1O[C@H](c2cn(COC[C@H]3O[C@@H](OCn4cc([C@H]5O[C@H](CO)[C@@H](O)[C@H](O)[C@@H]5O)nn4)[C@H](OCn4cc([C@H]5O[C@H](CO)[C@@H](O)[C@H](O)[C@@H]5O)nn4)[C@@H](OCn4cc([C@H]5O[C@H](CO)[C@@H](O)[C@H](O)[C@@H]5O)nn4)[C@@H]3OCn3cc([C@H]4O[C@H](CO)[C@@H](O)[C@H](O)[C@@H]4O)nn3)nn2)[C@@H](O)[C@@H](O)[C@@H]1O. The maximum Gasteiger partial charge on any atom is 0.189 e. The summed E-state index contributed by atoms with van der Waals surface area (Å²) in [4.78, 5) is 0. The molecule has 0 amide bonds. The van der Waals surface area contributed by atoms with Crippen molar-refractivity contribution in [2.45, 2.75) is 217 Å². The van der Waals surface area contributed by atoms with Gasteiger partial charge in [-0.05, 0) is 0 Å². The van der Waals surface area contributed by atoms with E-state index in [-0.39, 0.29) is 28.5 Å². The zero-order valence-corrected chi connectivity index (χ0v) is 50.6. The van der Waals surface area contributed by atoms with E-state index >= 15 is 0 Å². The Morgan fingerprint density at radius 1 is 0.278 bits per heavy atom. The van der Waals surface area contributed by atoms with Crippen LogP contribution in [0.1, 0.15) is 59.0 Å². The minimum atomic E-state index is -1.81. The summed E-state index contributed by atoms with van der Waals surface area (Å²) < 4.78 is 73.0. The Morgan fingerprint density at radius 2 is 0.526 bits per heavy atom. The molecular formula is C51H77N15O31. The monoisotopic (exact) mass is 1400 g/mol. The summed E-state index contributed by atoms with van der Waals surface area (Å²) in [5, 5.41) is 250. The van der Waals surface area contributed by atoms with Crippen LogP contribution in [0.4, 0.5) is 0 Å². The van der Waals surface area contributed by atoms with Crippen LogP contribution in [-0.2, 0) is 85.8 Å². The first kappa shape index (κ1) is 72.7. The molecule has 5 aromatic rings. The third kappa shape index (κ3) is 15.2. The van der Waals surface area contributed by atoms with Gasteiger partial charge >= 0.3 is 0 Å². The van der Waals surface area contributed by atoms with Gasteiger partial charge in [-0.2, -0.15) is 0 Å². The van der Waals surface area contributed by atoms with Crippen LogP contribution >= 0.6 is 0 Å². The number of aromatic nitrogens is 15. The van der Waals surface area contributed by atoms with Crippen LogP contribution in [-0.4, -0.2) is 370 Å². The Kier molecular flexibility index (Phi) is 23.7. The predicted octanol–water partition coefficient (Wildman–Crippen LogP) is -14.3. The molecule has 46 heteroatoms. The summed E-state index contributed by atoms with van der Waals surface area (Å²) in [5.41, 5.74) is -0.528. The molecule has 6 aliphatic heterocycles. The number of ether oxygens (including phenoxy) is 11. The molecule has 0 spiro atoms. The number of aliphatic hydroxyl groups excluding tert-OH is 20. The molecule has 11 heterocycles. The first-order valence-corrected chi connectivity index (χ1v) is 30.3. The van der Waals surface area contributed by atoms with E-state index in [4.69, 9.17) is 52.1 Å². The van der Waals surface area contributed by atoms with Gasteiger partial charge in [0.2, 0.25) is 0 Å². The van der Waals surface area contributed by atoms with Crippen molar-refractivity contribution in [3.8, 4) is 0 Å². The lowest BCUT2D eigenvalue weighted by Crippen LogP contribution is -2.62. The standard InChI is InChI=1S/C51H77N15O31/c67-6-22-28(72)33(77)38(82)43(92-22)17-1-62(57-52-17)12-87-11-27-48(88-13-63-2-18(53-58-63)44-39(83)34(78)29(73)23(7-68)93-44)49(89-14-64-3-19(54-59-64)45-40(84)35(79)30(74)24(8-69)94-45)50(90-15-65-4-20(55-60-65)46-41(85)36(80)31(75)25(9-70)95-46)51(97-27)91-16-66-5-21(56-61-66)47-42(86)37(81)32(76)26(10-71)96-47/h1-5,22-51,67-86H,6-16H2/t22-,23-,24-,25-,26-,27-,28-,29-,30-,31-,32-,33+,34+,35+,36+,37+,38+,39+,40+,41+,42+,43-,44-,45-,46-,47-,48-,49+,50-,51-/m1/s1. The molecule has 0 unspecified atom stereocenters. The van der Waals surface area contributed by atoms with Crippen molar-refractivity contribution in [1.82, 2.24) is 75.0 Å². The topological polar surface area (TPSA) is 660 Å². The maximum absolute atomic E-state index is 11.0. The number of aliphatic hydroxyl groups is 20. The summed E-state index contributed by atoms with van der Waals surface area (Å²) in [6.45, 7) is -7.37. The number of nitrogens with zero attached hydrogens (tertiary/aromatic N) is 15. The van der Waals surface area contributed by atoms with Crippen LogP contribution in [0.3, 0.4) is 0 Å². The second kappa shape index (κ2) is 31.6. The quantitative estimate of drug-likeness (QED) is 0.0244. The smallest absolute Gasteiger partial charge is 0.189 e. The predicted molar refractivity (Wildman–Crippen MR) is 294 cm³/mol. The fourth-order valence-electron chi connectivity index (χ4n) is 11.9. The van der Waals surface area contributed by atoms with E-state index < -0.39 is 257 Å². The van der Waals surface area contributed by atoms with Crippen molar-refractivity contribution in [3.63, 3.8) is 0 Å². The van der Waals surface area contributed by atoms with E-state index in [2.05, 4.69) is 51.6 Å². The van der Waals surface area contributed by atoms with Crippen LogP contribution in [0.25, 0.3) is 0 Å². The molecule has 6 saturated heterocycles. The lowest BCUT2D eigenvalue weighted by molar-refractivity contribution is -0.342. The molecule has 5 aromatic heterocycles. The number of hydrogen-bond donors (Lipinski definition) is 20. The van der Waals surface area contributed by atoms with Gasteiger partial charge in [-0.1, -0.05) is 26.1 Å². The Morgan fingerprint density at radius 3 is 0.804 bits per heavy atom. The minimum Gasteiger partial charge on any atom is -0.394 e. The molecule has 542 valence electrons. The van der Waals surface area contributed by atoms with Crippen molar-refractivity contribution in [2.24, 2.45) is 0 Å². The average Bonchev–Trinajstić information content (AvgIpc) is 1.63. The molecule has 0 bridgehead atoms. The largest absolute Gasteiger partial charge is 0.394 e. The molecule has 6 aliphatic rings. The van der Waals surface area contributed by atoms with E-state index in [1.165, 1.54) is 31.0 Å². The van der Waals surface area contributed by atoms with E-state index in [9.17, 15) is 102 Å². The van der Waals surface area contributed by atoms with E-state index in [0.29, 0.717) is 0 Å². The first-order valence-electron chi connectivity index (χ1n) is 30.3. The van der Waals surface area contributed by atoms with E-state index in [0.717, 1.165) is 23.4 Å². The summed E-state index contributed by atoms with van der Waals surface area (Å²) in [5.74, 6) is 0. The summed E-state index contributed by atoms with van der Waals surface area (Å²) in [6.07, 6.45) is -42.0. The molecule has 0 saturated carbocycles. The van der Waals surface area contributed by atoms with Gasteiger partial charge in [0.25, 0.3) is 0 Å². The van der Waals surface area contributed by atoms with Crippen molar-refractivity contribution in [1.29, 1.82) is 0 Å². The van der Waals surface area contributed by atoms with Gasteiger partial charge in [-0.15, -0.1) is 25.5 Å². The molecule has 0 aromatic carbocycles. The summed E-state index contributed by atoms with van der Waals surface area (Å²) >= 11 is 0. The van der Waals surface area contributed by atoms with Crippen molar-refractivity contribution in [2.75, 3.05) is 39.6 Å². The lowest BCUT2D eigenvalue weighted by atomic mass is 9.94. The van der Waals surface area contributed by atoms with Crippen LogP contribution in [0.5, 0.6) is 0 Å². The maximum atomic E-state index is 11.0. The fourth-order valence-corrected chi connectivity index (χ4v) is 11.9. The lowest BCUT2D eigenvalue weighted by Gasteiger charge is -2.45. The highest BCUT2D eigenvalue weighted by Gasteiger charge is 2.53. The van der Waals surface area contributed by atoms with Crippen LogP contribution in [0, 0.1) is 0 Å². The Hall–Kier alpha value is -5.54. The fraction of sp³-hybridized carbons (Fsp3) is 0.804. The molecule has 0 radical (unpaired) electrons. The number of rotatable bonds is 26. The third-order valence-electron chi connectivity index (χ3n) is 17.4. The molecule has 11 rings (SSSR count). The third-order valence-corrected chi connectivity index (χ3v) is 17.4. The van der Waals surface area contributed by atoms with Crippen molar-refractivity contribution < 1.29 is 154 Å². The van der Waals surface area contributed by atoms with Gasteiger partial charge in [0, 0.05) is 0 Å². The first-order chi connectivity index (χ1) is 46.6. The highest BCUT2D eigenvalue weighted by Crippen LogP contribution is 2.38. The van der Waals surface area contributed by atoms with Gasteiger partial charge in [-0.3, -0.25) is 0 Å². The molecule has 6 fully saturated rings. The molecule has 46 nitrogen and oxygen atoms in total. The zero-order chi connectivity index (χ0) is 69.3. The van der Waals surface area contributed by atoms with Gasteiger partial charge in [0.15, 0.2) is 6.29 Å². The van der Waals surface area contributed by atoms with Crippen LogP contribution in [0.2, 0.25) is 0 Å². The van der Waals surface area contributed by atoms with Crippen molar-refractivity contribution in [3.05, 3.63) is 59.5 Å². The second-order valence-electron chi connectivity index (χ2n) is 23.8. The molecule has 30 atom stereocenters. The summed E-state index contributed by atoms with van der Waals surface area (Å²) in [6, 6.07) is 0. The number of hydrogen-bond acceptors (Lipinski definition) is 41. The van der Waals surface area contributed by atoms with Crippen molar-refractivity contribution >= 4 is 0 Å². The molecule has 97 heavy (non-hydrogen) atoms. The molecule has 0 aliphatic carbocycles. The highest BCUT2D eigenvalue weighted by atomic mass is 16.7. The normalized spacial score (nSPS) is 40.6. The van der Waals surface area contributed by atoms with Crippen LogP contribution in [0.15, 0.2) is 31.0 Å². The van der Waals surface area contributed by atoms with Gasteiger partial charge in [0.1, 0.15) is 239 Å². The van der Waals surface area contributed by atoms with E-state index in [1.54, 1.807) is 0 Å². The second-order valence-corrected chi connectivity index (χ2v) is 23.8. The average molecular weight is 1400 g/mol. The zero-order valence-electron chi connectivity index (χ0n) is 50.6. The highest BCUT2D eigenvalue weighted by molar-refractivity contribution is 5.11. The van der Waals surface area contributed by atoms with Gasteiger partial charge in [-0.25, -0.2) is 23.4 Å². The van der Waals surface area contributed by atoms with Crippen LogP contribution < -0.4 is 0 Å². The minimum absolute atomic E-state index is 0.0632. The summed E-state index contributed by atoms with van der Waals surface area (Å²) in [7, 11) is 0. The Bertz CT molecular complexity index is 3260. The molecular weight excluding hydrogens is 1320 g/mol. The van der Waals surface area contributed by atoms with Gasteiger partial charge < -0.3 is 154 Å². The molecule has 20 N–H and O–H groups in total. The Balaban J connectivity index is 0.940. The van der Waals surface area contributed by atoms with Gasteiger partial charge in [0.05, 0.1) is 70.6 Å². The van der Waals surface area contributed by atoms with E-state index in [1.807, 2.05) is 0 Å².